The van der Waals surface area contributed by atoms with Gasteiger partial charge in [-0.15, -0.1) is 0 Å². The van der Waals surface area contributed by atoms with Crippen LogP contribution in [0.4, 0.5) is 13.2 Å². The molecule has 2 aliphatic carbocycles. The Balaban J connectivity index is 0.000000269. The lowest BCUT2D eigenvalue weighted by atomic mass is 9.84. The first kappa shape index (κ1) is 38.2. The van der Waals surface area contributed by atoms with Gasteiger partial charge in [-0.05, 0) is 120 Å². The quantitative estimate of drug-likeness (QED) is 0.227. The summed E-state index contributed by atoms with van der Waals surface area (Å²) in [5.74, 6) is 1.92. The fourth-order valence-electron chi connectivity index (χ4n) is 4.63. The Labute approximate surface area is 261 Å². The van der Waals surface area contributed by atoms with E-state index in [1.54, 1.807) is 25.5 Å². The highest BCUT2D eigenvalue weighted by atomic mass is 19.1. The van der Waals surface area contributed by atoms with Gasteiger partial charge in [-0.25, -0.2) is 13.2 Å². The molecule has 3 aromatic carbocycles. The molecule has 0 nitrogen and oxygen atoms in total. The Morgan fingerprint density at radius 2 is 0.907 bits per heavy atom. The lowest BCUT2D eigenvalue weighted by Gasteiger charge is -2.22. The van der Waals surface area contributed by atoms with E-state index in [0.717, 1.165) is 23.3 Å². The van der Waals surface area contributed by atoms with Crippen molar-refractivity contribution < 1.29 is 13.2 Å². The van der Waals surface area contributed by atoms with E-state index in [1.165, 1.54) is 81.2 Å². The molecule has 1 atom stereocenters. The molecule has 0 amide bonds. The van der Waals surface area contributed by atoms with Gasteiger partial charge < -0.3 is 0 Å². The molecule has 1 fully saturated rings. The molecular formula is C40H57F3. The molecule has 5 rings (SSSR count). The summed E-state index contributed by atoms with van der Waals surface area (Å²) in [7, 11) is 0. The van der Waals surface area contributed by atoms with Gasteiger partial charge in [0.2, 0.25) is 0 Å². The maximum atomic E-state index is 12.6. The van der Waals surface area contributed by atoms with Crippen molar-refractivity contribution >= 4 is 0 Å². The zero-order chi connectivity index (χ0) is 32.5. The predicted octanol–water partition coefficient (Wildman–Crippen LogP) is 12.9. The van der Waals surface area contributed by atoms with Crippen LogP contribution in [0.25, 0.3) is 0 Å². The van der Waals surface area contributed by atoms with Gasteiger partial charge in [-0.2, -0.15) is 0 Å². The van der Waals surface area contributed by atoms with Crippen molar-refractivity contribution in [3.63, 3.8) is 0 Å². The summed E-state index contributed by atoms with van der Waals surface area (Å²) < 4.78 is 37.8. The molecule has 0 aromatic heterocycles. The van der Waals surface area contributed by atoms with Gasteiger partial charge in [0.25, 0.3) is 0 Å². The lowest BCUT2D eigenvalue weighted by molar-refractivity contribution is 0.308. The third-order valence-corrected chi connectivity index (χ3v) is 8.18. The van der Waals surface area contributed by atoms with Crippen LogP contribution in [-0.2, 0) is 0 Å². The second-order valence-corrected chi connectivity index (χ2v) is 13.1. The SMILES string of the molecule is CC1=CCC(C)CC1.CC1CCC(C)CC1.Cc1cc(F)c(C)c(F)c1.Cc1ccc(C)c(F)c1.Cc1ccc(C)cc1. The van der Waals surface area contributed by atoms with Crippen LogP contribution in [0.1, 0.15) is 106 Å². The Kier molecular flexibility index (Phi) is 18.0. The maximum Gasteiger partial charge on any atom is 0.129 e. The monoisotopic (exact) mass is 594 g/mol. The van der Waals surface area contributed by atoms with Crippen LogP contribution in [0.3, 0.4) is 0 Å². The van der Waals surface area contributed by atoms with Gasteiger partial charge in [0.15, 0.2) is 0 Å². The Morgan fingerprint density at radius 1 is 0.488 bits per heavy atom. The summed E-state index contributed by atoms with van der Waals surface area (Å²) >= 11 is 0. The van der Waals surface area contributed by atoms with Crippen LogP contribution in [-0.4, -0.2) is 0 Å². The molecule has 0 saturated heterocycles. The van der Waals surface area contributed by atoms with E-state index in [2.05, 4.69) is 71.9 Å². The number of halogens is 3. The van der Waals surface area contributed by atoms with Gasteiger partial charge in [0.1, 0.15) is 17.5 Å². The van der Waals surface area contributed by atoms with Crippen molar-refractivity contribution in [2.75, 3.05) is 0 Å². The van der Waals surface area contributed by atoms with Gasteiger partial charge in [0, 0.05) is 5.56 Å². The minimum absolute atomic E-state index is 0.0885. The van der Waals surface area contributed by atoms with Gasteiger partial charge in [-0.3, -0.25) is 0 Å². The van der Waals surface area contributed by atoms with Crippen molar-refractivity contribution in [3.05, 3.63) is 117 Å². The molecule has 0 radical (unpaired) electrons. The van der Waals surface area contributed by atoms with E-state index in [9.17, 15) is 13.2 Å². The smallest absolute Gasteiger partial charge is 0.129 e. The van der Waals surface area contributed by atoms with Crippen molar-refractivity contribution in [2.45, 2.75) is 114 Å². The van der Waals surface area contributed by atoms with Crippen molar-refractivity contribution in [3.8, 4) is 0 Å². The minimum Gasteiger partial charge on any atom is -0.207 e. The molecule has 1 unspecified atom stereocenters. The Morgan fingerprint density at radius 3 is 1.26 bits per heavy atom. The maximum absolute atomic E-state index is 12.6. The molecule has 0 N–H and O–H groups in total. The van der Waals surface area contributed by atoms with E-state index in [-0.39, 0.29) is 11.4 Å². The van der Waals surface area contributed by atoms with Crippen molar-refractivity contribution in [1.82, 2.24) is 0 Å². The standard InChI is InChI=1S/C8H8F2.C8H9F.C8H16.C8H14.C8H10/c1-5-3-7(9)6(2)8(10)4-5;1-6-3-4-7(2)8(9)5-6;3*1-7-3-5-8(2)6-4-7/h3-4H,1-2H3;3-5H,1-2H3;7-8H,3-6H2,1-2H3;3,8H,4-6H2,1-2H3;3-6H,1-2H3. The lowest BCUT2D eigenvalue weighted by Crippen LogP contribution is -2.08. The molecule has 1 saturated carbocycles. The number of aryl methyl sites for hydroxylation is 5. The fourth-order valence-corrected chi connectivity index (χ4v) is 4.63. The number of hydrogen-bond acceptors (Lipinski definition) is 0. The van der Waals surface area contributed by atoms with Crippen LogP contribution in [0.5, 0.6) is 0 Å². The van der Waals surface area contributed by atoms with E-state index >= 15 is 0 Å². The summed E-state index contributed by atoms with van der Waals surface area (Å²) in [5, 5.41) is 0. The minimum atomic E-state index is -0.475. The molecule has 0 spiro atoms. The number of rotatable bonds is 0. The van der Waals surface area contributed by atoms with Crippen molar-refractivity contribution in [1.29, 1.82) is 0 Å². The highest BCUT2D eigenvalue weighted by Crippen LogP contribution is 2.27. The third-order valence-electron chi connectivity index (χ3n) is 8.18. The number of hydrogen-bond donors (Lipinski definition) is 0. The Hall–Kier alpha value is -2.81. The molecule has 3 aromatic rings. The zero-order valence-electron chi connectivity index (χ0n) is 28.6. The Bertz CT molecular complexity index is 1180. The van der Waals surface area contributed by atoms with E-state index in [1.807, 2.05) is 13.0 Å². The normalized spacial score (nSPS) is 19.0. The van der Waals surface area contributed by atoms with Crippen molar-refractivity contribution in [2.24, 2.45) is 17.8 Å². The van der Waals surface area contributed by atoms with Crippen LogP contribution in [0, 0.1) is 76.7 Å². The van der Waals surface area contributed by atoms with Crippen LogP contribution < -0.4 is 0 Å². The molecule has 0 heterocycles. The van der Waals surface area contributed by atoms with Crippen LogP contribution in [0.2, 0.25) is 0 Å². The first-order valence-electron chi connectivity index (χ1n) is 16.0. The molecule has 0 aliphatic heterocycles. The third kappa shape index (κ3) is 17.2. The highest BCUT2D eigenvalue weighted by Gasteiger charge is 2.13. The summed E-state index contributed by atoms with van der Waals surface area (Å²) in [4.78, 5) is 0. The average Bonchev–Trinajstić information content (AvgIpc) is 2.96. The first-order chi connectivity index (χ1) is 20.2. The largest absolute Gasteiger partial charge is 0.207 e. The van der Waals surface area contributed by atoms with Crippen LogP contribution in [0.15, 0.2) is 66.2 Å². The zero-order valence-corrected chi connectivity index (χ0v) is 28.6. The van der Waals surface area contributed by atoms with E-state index in [0.29, 0.717) is 11.1 Å². The van der Waals surface area contributed by atoms with Crippen LogP contribution >= 0.6 is 0 Å². The molecule has 3 heteroatoms. The predicted molar refractivity (Wildman–Crippen MR) is 181 cm³/mol. The highest BCUT2D eigenvalue weighted by molar-refractivity contribution is 5.24. The summed E-state index contributed by atoms with van der Waals surface area (Å²) in [6.07, 6.45) is 12.3. The van der Waals surface area contributed by atoms with Gasteiger partial charge in [-0.1, -0.05) is 106 Å². The first-order valence-corrected chi connectivity index (χ1v) is 16.0. The van der Waals surface area contributed by atoms with E-state index in [4.69, 9.17) is 0 Å². The molecule has 0 bridgehead atoms. The van der Waals surface area contributed by atoms with Gasteiger partial charge in [0.05, 0.1) is 0 Å². The van der Waals surface area contributed by atoms with E-state index < -0.39 is 11.6 Å². The molecule has 2 aliphatic rings. The molecular weight excluding hydrogens is 537 g/mol. The topological polar surface area (TPSA) is 0 Å². The summed E-state index contributed by atoms with van der Waals surface area (Å²) in [6, 6.07) is 16.3. The van der Waals surface area contributed by atoms with Gasteiger partial charge >= 0.3 is 0 Å². The second kappa shape index (κ2) is 20.2. The molecule has 238 valence electrons. The number of allylic oxidation sites excluding steroid dienone is 2. The second-order valence-electron chi connectivity index (χ2n) is 13.1. The molecule has 43 heavy (non-hydrogen) atoms. The fraction of sp³-hybridized carbons (Fsp3) is 0.500. The average molecular weight is 595 g/mol. The number of benzene rings is 3. The summed E-state index contributed by atoms with van der Waals surface area (Å²) in [5.41, 5.74) is 6.62. The summed E-state index contributed by atoms with van der Waals surface area (Å²) in [6.45, 7) is 20.2.